The third kappa shape index (κ3) is 1.74. The number of nitrogens with one attached hydrogen (secondary N) is 2. The van der Waals surface area contributed by atoms with Crippen LogP contribution in [0.5, 0.6) is 0 Å². The highest BCUT2D eigenvalue weighted by Crippen LogP contribution is 2.13. The summed E-state index contributed by atoms with van der Waals surface area (Å²) in [5.41, 5.74) is 1.03. The van der Waals surface area contributed by atoms with E-state index in [-0.39, 0.29) is 0 Å². The zero-order valence-electron chi connectivity index (χ0n) is 9.06. The molecule has 1 saturated heterocycles. The average Bonchev–Trinajstić information content (AvgIpc) is 2.97. The predicted octanol–water partition coefficient (Wildman–Crippen LogP) is 0.893. The van der Waals surface area contributed by atoms with Crippen LogP contribution in [0.3, 0.4) is 0 Å². The van der Waals surface area contributed by atoms with Gasteiger partial charge in [0.15, 0.2) is 5.82 Å². The molecule has 3 rings (SSSR count). The van der Waals surface area contributed by atoms with Gasteiger partial charge >= 0.3 is 0 Å². The van der Waals surface area contributed by atoms with E-state index >= 15 is 0 Å². The van der Waals surface area contributed by atoms with E-state index in [1.54, 1.807) is 12.4 Å². The summed E-state index contributed by atoms with van der Waals surface area (Å²) in [6.07, 6.45) is 7.93. The number of rotatable bonds is 3. The van der Waals surface area contributed by atoms with Gasteiger partial charge in [-0.1, -0.05) is 0 Å². The minimum Gasteiger partial charge on any atom is -0.367 e. The minimum absolute atomic E-state index is 0.574. The van der Waals surface area contributed by atoms with Crippen LogP contribution in [0.4, 0.5) is 5.82 Å². The van der Waals surface area contributed by atoms with Gasteiger partial charge < -0.3 is 10.6 Å². The molecule has 0 radical (unpaired) electrons. The Morgan fingerprint density at radius 1 is 1.50 bits per heavy atom. The Morgan fingerprint density at radius 2 is 2.50 bits per heavy atom. The standard InChI is InChI=1S/C11H15N5/c1-2-9(12-4-1)8-14-11-10-3-5-15-16(10)7-6-13-11/h3,5-7,9,12H,1-2,4,8H2,(H,13,14). The van der Waals surface area contributed by atoms with Gasteiger partial charge in [-0.2, -0.15) is 5.10 Å². The molecule has 0 saturated carbocycles. The zero-order chi connectivity index (χ0) is 10.8. The van der Waals surface area contributed by atoms with E-state index in [0.717, 1.165) is 24.4 Å². The Hall–Kier alpha value is -1.62. The van der Waals surface area contributed by atoms with Crippen molar-refractivity contribution in [3.05, 3.63) is 24.7 Å². The van der Waals surface area contributed by atoms with E-state index in [0.29, 0.717) is 6.04 Å². The third-order valence-corrected chi connectivity index (χ3v) is 3.00. The highest BCUT2D eigenvalue weighted by Gasteiger charge is 2.14. The fourth-order valence-electron chi connectivity index (χ4n) is 2.14. The van der Waals surface area contributed by atoms with Gasteiger partial charge in [0.25, 0.3) is 0 Å². The molecule has 16 heavy (non-hydrogen) atoms. The first-order chi connectivity index (χ1) is 7.93. The summed E-state index contributed by atoms with van der Waals surface area (Å²) in [6, 6.07) is 2.54. The molecule has 3 heterocycles. The molecule has 2 N–H and O–H groups in total. The molecule has 0 aliphatic carbocycles. The average molecular weight is 217 g/mol. The molecule has 1 unspecified atom stereocenters. The van der Waals surface area contributed by atoms with Crippen molar-refractivity contribution in [2.45, 2.75) is 18.9 Å². The number of nitrogens with zero attached hydrogens (tertiary/aromatic N) is 3. The number of fused-ring (bicyclic) bond motifs is 1. The van der Waals surface area contributed by atoms with Crippen molar-refractivity contribution in [2.24, 2.45) is 0 Å². The van der Waals surface area contributed by atoms with Crippen LogP contribution in [0.15, 0.2) is 24.7 Å². The molecule has 5 nitrogen and oxygen atoms in total. The lowest BCUT2D eigenvalue weighted by molar-refractivity contribution is 0.632. The molecule has 5 heteroatoms. The maximum atomic E-state index is 4.34. The highest BCUT2D eigenvalue weighted by molar-refractivity contribution is 5.66. The van der Waals surface area contributed by atoms with E-state index in [4.69, 9.17) is 0 Å². The molecule has 0 spiro atoms. The lowest BCUT2D eigenvalue weighted by atomic mass is 10.2. The topological polar surface area (TPSA) is 54.2 Å². The number of hydrogen-bond donors (Lipinski definition) is 2. The van der Waals surface area contributed by atoms with Crippen LogP contribution in [0.1, 0.15) is 12.8 Å². The number of aromatic nitrogens is 3. The summed E-state index contributed by atoms with van der Waals surface area (Å²) in [6.45, 7) is 2.06. The van der Waals surface area contributed by atoms with Gasteiger partial charge in [-0.05, 0) is 25.5 Å². The van der Waals surface area contributed by atoms with Crippen molar-refractivity contribution in [3.8, 4) is 0 Å². The first kappa shape index (κ1) is 9.59. The molecular weight excluding hydrogens is 202 g/mol. The van der Waals surface area contributed by atoms with Crippen LogP contribution in [-0.4, -0.2) is 33.7 Å². The lowest BCUT2D eigenvalue weighted by Crippen LogP contribution is -2.29. The maximum absolute atomic E-state index is 4.34. The maximum Gasteiger partial charge on any atom is 0.152 e. The fourth-order valence-corrected chi connectivity index (χ4v) is 2.14. The van der Waals surface area contributed by atoms with Crippen LogP contribution in [-0.2, 0) is 0 Å². The Labute approximate surface area is 93.9 Å². The smallest absolute Gasteiger partial charge is 0.152 e. The van der Waals surface area contributed by atoms with E-state index in [1.165, 1.54) is 12.8 Å². The van der Waals surface area contributed by atoms with E-state index in [1.807, 2.05) is 16.8 Å². The molecule has 84 valence electrons. The second-order valence-electron chi connectivity index (χ2n) is 4.11. The molecule has 0 amide bonds. The van der Waals surface area contributed by atoms with Gasteiger partial charge in [0.2, 0.25) is 0 Å². The Balaban J connectivity index is 1.75. The first-order valence-electron chi connectivity index (χ1n) is 5.69. The van der Waals surface area contributed by atoms with Crippen LogP contribution >= 0.6 is 0 Å². The summed E-state index contributed by atoms with van der Waals surface area (Å²) in [4.78, 5) is 4.34. The summed E-state index contributed by atoms with van der Waals surface area (Å²) in [5, 5.41) is 11.0. The van der Waals surface area contributed by atoms with Crippen LogP contribution in [0, 0.1) is 0 Å². The predicted molar refractivity (Wildman–Crippen MR) is 62.5 cm³/mol. The van der Waals surface area contributed by atoms with Crippen molar-refractivity contribution in [1.29, 1.82) is 0 Å². The minimum atomic E-state index is 0.574. The Kier molecular flexibility index (Phi) is 2.46. The molecule has 0 bridgehead atoms. The van der Waals surface area contributed by atoms with Gasteiger partial charge in [-0.15, -0.1) is 0 Å². The van der Waals surface area contributed by atoms with Crippen LogP contribution in [0.25, 0.3) is 5.52 Å². The molecule has 2 aromatic rings. The molecule has 1 fully saturated rings. The van der Waals surface area contributed by atoms with E-state index < -0.39 is 0 Å². The first-order valence-corrected chi connectivity index (χ1v) is 5.69. The molecule has 2 aromatic heterocycles. The third-order valence-electron chi connectivity index (χ3n) is 3.00. The van der Waals surface area contributed by atoms with E-state index in [9.17, 15) is 0 Å². The van der Waals surface area contributed by atoms with Crippen LogP contribution < -0.4 is 10.6 Å². The second kappa shape index (κ2) is 4.09. The monoisotopic (exact) mass is 217 g/mol. The van der Waals surface area contributed by atoms with Gasteiger partial charge in [-0.3, -0.25) is 0 Å². The van der Waals surface area contributed by atoms with Crippen molar-refractivity contribution in [2.75, 3.05) is 18.4 Å². The highest BCUT2D eigenvalue weighted by atomic mass is 15.2. The van der Waals surface area contributed by atoms with Crippen molar-refractivity contribution in [1.82, 2.24) is 19.9 Å². The summed E-state index contributed by atoms with van der Waals surface area (Å²) >= 11 is 0. The molecule has 1 aliphatic rings. The molecule has 0 aromatic carbocycles. The van der Waals surface area contributed by atoms with Crippen molar-refractivity contribution in [3.63, 3.8) is 0 Å². The SMILES string of the molecule is c1cn2nccc2c(NCC2CCCN2)n1. The van der Waals surface area contributed by atoms with Crippen molar-refractivity contribution >= 4 is 11.3 Å². The molecular formula is C11H15N5. The quantitative estimate of drug-likeness (QED) is 0.802. The van der Waals surface area contributed by atoms with Gasteiger partial charge in [0, 0.05) is 25.0 Å². The summed E-state index contributed by atoms with van der Waals surface area (Å²) in [7, 11) is 0. The Bertz CT molecular complexity index is 472. The van der Waals surface area contributed by atoms with Crippen LogP contribution in [0.2, 0.25) is 0 Å². The molecule has 1 atom stereocenters. The Morgan fingerprint density at radius 3 is 3.38 bits per heavy atom. The van der Waals surface area contributed by atoms with Crippen molar-refractivity contribution < 1.29 is 0 Å². The van der Waals surface area contributed by atoms with Gasteiger partial charge in [0.1, 0.15) is 5.52 Å². The second-order valence-corrected chi connectivity index (χ2v) is 4.11. The van der Waals surface area contributed by atoms with Gasteiger partial charge in [-0.25, -0.2) is 9.50 Å². The lowest BCUT2D eigenvalue weighted by Gasteiger charge is -2.12. The number of hydrogen-bond acceptors (Lipinski definition) is 4. The number of anilines is 1. The van der Waals surface area contributed by atoms with E-state index in [2.05, 4.69) is 20.7 Å². The van der Waals surface area contributed by atoms with Gasteiger partial charge in [0.05, 0.1) is 6.20 Å². The summed E-state index contributed by atoms with van der Waals surface area (Å²) in [5.74, 6) is 0.911. The summed E-state index contributed by atoms with van der Waals surface area (Å²) < 4.78 is 1.83. The fraction of sp³-hybridized carbons (Fsp3) is 0.455. The normalized spacial score (nSPS) is 20.4. The zero-order valence-corrected chi connectivity index (χ0v) is 9.06. The molecule has 1 aliphatic heterocycles. The largest absolute Gasteiger partial charge is 0.367 e.